The van der Waals surface area contributed by atoms with Gasteiger partial charge in [-0.05, 0) is 85.6 Å². The van der Waals surface area contributed by atoms with Crippen molar-refractivity contribution in [3.63, 3.8) is 0 Å². The molecule has 0 radical (unpaired) electrons. The van der Waals surface area contributed by atoms with Crippen molar-refractivity contribution in [1.82, 2.24) is 19.5 Å². The van der Waals surface area contributed by atoms with Crippen molar-refractivity contribution in [2.75, 3.05) is 11.9 Å². The second-order valence-corrected chi connectivity index (χ2v) is 32.4. The fourth-order valence-corrected chi connectivity index (χ4v) is 8.55. The van der Waals surface area contributed by atoms with Crippen LogP contribution in [-0.2, 0) is 18.0 Å². The second kappa shape index (κ2) is 13.7. The summed E-state index contributed by atoms with van der Waals surface area (Å²) in [6, 6.07) is 7.32. The highest BCUT2D eigenvalue weighted by atomic mass is 28.4. The molecule has 1 saturated heterocycles. The number of fused-ring (bicyclic) bond motifs is 1. The fourth-order valence-electron chi connectivity index (χ4n) is 4.93. The van der Waals surface area contributed by atoms with Crippen LogP contribution in [0.1, 0.15) is 85.8 Å². The average molecular weight is 728 g/mol. The second-order valence-electron chi connectivity index (χ2n) is 18.1. The van der Waals surface area contributed by atoms with Crippen molar-refractivity contribution in [3.05, 3.63) is 42.5 Å². The van der Waals surface area contributed by atoms with Crippen LogP contribution < -0.4 is 5.32 Å². The van der Waals surface area contributed by atoms with Gasteiger partial charge in [-0.3, -0.25) is 9.36 Å². The number of hydrogen-bond donors (Lipinski definition) is 1. The first-order valence-electron chi connectivity index (χ1n) is 17.5. The molecule has 1 N–H and O–H groups in total. The van der Waals surface area contributed by atoms with Gasteiger partial charge in [0.1, 0.15) is 24.6 Å². The Balaban J connectivity index is 1.81. The lowest BCUT2D eigenvalue weighted by Crippen LogP contribution is -2.54. The molecular weight excluding hydrogens is 667 g/mol. The third-order valence-electron chi connectivity index (χ3n) is 11.4. The summed E-state index contributed by atoms with van der Waals surface area (Å²) in [7, 11) is -6.72. The number of carbonyl (C=O) groups excluding carboxylic acids is 1. The Labute approximate surface area is 297 Å². The maximum atomic E-state index is 11.8. The number of imidazole rings is 1. The van der Waals surface area contributed by atoms with Crippen LogP contribution in [0, 0.1) is 0 Å². The Morgan fingerprint density at radius 3 is 1.84 bits per heavy atom. The SMILES string of the molecule is CC(=O)c1ccc(Nc2ncnc3c2ncn3[C@@H]2O[C@H](CO[Si](C)(C)C(C)(C)C)[C@@H](O[Si](C)(C)C(C)(C)C)[C@H]2O[Si](C)(C)C(C)(C)C)cc1. The smallest absolute Gasteiger partial charge is 0.192 e. The molecule has 0 saturated carbocycles. The topological polar surface area (TPSA) is 110 Å². The predicted octanol–water partition coefficient (Wildman–Crippen LogP) is 9.47. The summed E-state index contributed by atoms with van der Waals surface area (Å²) in [6.07, 6.45) is 1.61. The van der Waals surface area contributed by atoms with Crippen molar-refractivity contribution in [1.29, 1.82) is 0 Å². The summed E-state index contributed by atoms with van der Waals surface area (Å²) >= 11 is 0. The van der Waals surface area contributed by atoms with Gasteiger partial charge in [0.2, 0.25) is 0 Å². The number of aromatic nitrogens is 4. The highest BCUT2D eigenvalue weighted by Crippen LogP contribution is 2.47. The Morgan fingerprint density at radius 1 is 0.796 bits per heavy atom. The van der Waals surface area contributed by atoms with Crippen LogP contribution in [0.4, 0.5) is 11.5 Å². The minimum absolute atomic E-state index is 0.0182. The normalized spacial score (nSPS) is 21.4. The summed E-state index contributed by atoms with van der Waals surface area (Å²) in [5, 5.41) is 3.35. The van der Waals surface area contributed by atoms with Crippen molar-refractivity contribution >= 4 is 53.4 Å². The lowest BCUT2D eigenvalue weighted by molar-refractivity contribution is -0.0470. The van der Waals surface area contributed by atoms with Crippen molar-refractivity contribution in [2.24, 2.45) is 0 Å². The van der Waals surface area contributed by atoms with E-state index in [1.807, 2.05) is 16.7 Å². The molecule has 4 rings (SSSR count). The lowest BCUT2D eigenvalue weighted by Gasteiger charge is -2.44. The van der Waals surface area contributed by atoms with Gasteiger partial charge in [-0.15, -0.1) is 0 Å². The molecule has 1 aliphatic rings. The van der Waals surface area contributed by atoms with Gasteiger partial charge >= 0.3 is 0 Å². The summed E-state index contributed by atoms with van der Waals surface area (Å²) in [5.74, 6) is 0.579. The van der Waals surface area contributed by atoms with Crippen LogP contribution in [0.3, 0.4) is 0 Å². The average Bonchev–Trinajstić information content (AvgIpc) is 3.52. The third kappa shape index (κ3) is 8.45. The highest BCUT2D eigenvalue weighted by Gasteiger charge is 2.55. The van der Waals surface area contributed by atoms with Gasteiger partial charge in [-0.25, -0.2) is 15.0 Å². The fraction of sp³-hybridized carbons (Fsp3) is 0.667. The van der Waals surface area contributed by atoms with Gasteiger partial charge < -0.3 is 23.3 Å². The van der Waals surface area contributed by atoms with Gasteiger partial charge in [-0.1, -0.05) is 62.3 Å². The number of Topliss-reactive ketones (excluding diaryl/α,β-unsaturated/α-hetero) is 1. The van der Waals surface area contributed by atoms with Gasteiger partial charge in [0.15, 0.2) is 53.9 Å². The molecule has 3 heterocycles. The molecule has 0 bridgehead atoms. The molecule has 2 aromatic heterocycles. The molecule has 49 heavy (non-hydrogen) atoms. The molecular formula is C36H61N5O5Si3. The van der Waals surface area contributed by atoms with Crippen molar-refractivity contribution < 1.29 is 22.8 Å². The molecule has 0 amide bonds. The summed E-state index contributed by atoms with van der Waals surface area (Å²) in [4.78, 5) is 25.9. The maximum Gasteiger partial charge on any atom is 0.192 e. The van der Waals surface area contributed by atoms with E-state index >= 15 is 0 Å². The van der Waals surface area contributed by atoms with E-state index in [4.69, 9.17) is 28.0 Å². The molecule has 3 aromatic rings. The number of nitrogens with zero attached hydrogens (tertiary/aromatic N) is 4. The van der Waals surface area contributed by atoms with E-state index in [1.54, 1.807) is 25.4 Å². The molecule has 0 unspecified atom stereocenters. The zero-order valence-electron chi connectivity index (χ0n) is 32.8. The molecule has 1 fully saturated rings. The molecule has 1 aliphatic heterocycles. The summed E-state index contributed by atoms with van der Waals surface area (Å²) in [5.41, 5.74) is 2.68. The minimum Gasteiger partial charge on any atom is -0.414 e. The van der Waals surface area contributed by atoms with E-state index in [2.05, 4.69) is 112 Å². The number of carbonyl (C=O) groups is 1. The van der Waals surface area contributed by atoms with Crippen LogP contribution in [0.25, 0.3) is 11.2 Å². The van der Waals surface area contributed by atoms with Crippen LogP contribution in [-0.4, -0.2) is 75.2 Å². The molecule has 10 nitrogen and oxygen atoms in total. The third-order valence-corrected chi connectivity index (χ3v) is 24.8. The zero-order chi connectivity index (χ0) is 37.0. The largest absolute Gasteiger partial charge is 0.414 e. The number of rotatable bonds is 11. The van der Waals surface area contributed by atoms with Crippen LogP contribution >= 0.6 is 0 Å². The van der Waals surface area contributed by atoms with Gasteiger partial charge in [-0.2, -0.15) is 0 Å². The van der Waals surface area contributed by atoms with Crippen molar-refractivity contribution in [3.8, 4) is 0 Å². The van der Waals surface area contributed by atoms with E-state index in [9.17, 15) is 4.79 Å². The first-order valence-corrected chi connectivity index (χ1v) is 26.2. The van der Waals surface area contributed by atoms with Crippen molar-refractivity contribution in [2.45, 2.75) is 148 Å². The van der Waals surface area contributed by atoms with Crippen LogP contribution in [0.5, 0.6) is 0 Å². The van der Waals surface area contributed by atoms with Gasteiger partial charge in [0.25, 0.3) is 0 Å². The van der Waals surface area contributed by atoms with E-state index in [1.165, 1.54) is 6.33 Å². The molecule has 1 aromatic carbocycles. The van der Waals surface area contributed by atoms with E-state index in [0.717, 1.165) is 5.69 Å². The maximum absolute atomic E-state index is 11.8. The minimum atomic E-state index is -2.33. The summed E-state index contributed by atoms with van der Waals surface area (Å²) in [6.45, 7) is 36.0. The van der Waals surface area contributed by atoms with E-state index in [0.29, 0.717) is 29.2 Å². The molecule has 0 spiro atoms. The number of nitrogens with one attached hydrogen (secondary N) is 1. The lowest BCUT2D eigenvalue weighted by atomic mass is 10.1. The number of ketones is 1. The Kier molecular flexibility index (Phi) is 11.0. The zero-order valence-corrected chi connectivity index (χ0v) is 35.8. The Morgan fingerprint density at radius 2 is 1.33 bits per heavy atom. The number of hydrogen-bond acceptors (Lipinski definition) is 9. The van der Waals surface area contributed by atoms with Gasteiger partial charge in [0, 0.05) is 11.3 Å². The first kappa shape index (κ1) is 39.5. The molecule has 0 aliphatic carbocycles. The van der Waals surface area contributed by atoms with Gasteiger partial charge in [0.05, 0.1) is 12.9 Å². The Bertz CT molecular complexity index is 1620. The number of benzene rings is 1. The molecule has 4 atom stereocenters. The number of ether oxygens (including phenoxy) is 1. The standard InChI is InChI=1S/C36H61N5O5Si3/c1-24(42)25-17-19-26(20-18-25)40-31-28-32(38-22-37-31)41(23-39-28)33-30(46-49(15,16)36(8,9)10)29(45-48(13,14)35(5,6)7)27(44-33)21-43-47(11,12)34(2,3)4/h17-20,22-23,27,29-30,33H,21H2,1-16H3,(H,37,38,40)/t27-,29-,30-,33-/m1/s1. The quantitative estimate of drug-likeness (QED) is 0.153. The Hall–Kier alpha value is -2.27. The predicted molar refractivity (Wildman–Crippen MR) is 206 cm³/mol. The van der Waals surface area contributed by atoms with Crippen LogP contribution in [0.2, 0.25) is 54.4 Å². The van der Waals surface area contributed by atoms with Crippen LogP contribution in [0.15, 0.2) is 36.9 Å². The summed E-state index contributed by atoms with van der Waals surface area (Å²) < 4.78 is 30.5. The first-order chi connectivity index (χ1) is 22.3. The highest BCUT2D eigenvalue weighted by molar-refractivity contribution is 6.75. The molecule has 272 valence electrons. The monoisotopic (exact) mass is 727 g/mol. The number of anilines is 2. The van der Waals surface area contributed by atoms with E-state index in [-0.39, 0.29) is 33.1 Å². The molecule has 13 heteroatoms. The van der Waals surface area contributed by atoms with E-state index < -0.39 is 37.3 Å².